The standard InChI is InChI=1S/C14H22N2O4S/c1-10-6-11(4-5-20-10)15-21(18,19)14-7-13(9-17)16(8-14)12-2-3-12/h7-8,10-12,15,17H,2-6,9H2,1H3. The lowest BCUT2D eigenvalue weighted by molar-refractivity contribution is 0.0173. The van der Waals surface area contributed by atoms with Gasteiger partial charge in [-0.1, -0.05) is 0 Å². The molecule has 1 saturated heterocycles. The summed E-state index contributed by atoms with van der Waals surface area (Å²) in [7, 11) is -3.54. The molecular weight excluding hydrogens is 292 g/mol. The summed E-state index contributed by atoms with van der Waals surface area (Å²) in [5.41, 5.74) is 0.665. The van der Waals surface area contributed by atoms with Crippen molar-refractivity contribution in [1.29, 1.82) is 0 Å². The topological polar surface area (TPSA) is 80.6 Å². The van der Waals surface area contributed by atoms with E-state index in [1.165, 1.54) is 0 Å². The predicted octanol–water partition coefficient (Wildman–Crippen LogP) is 1.16. The van der Waals surface area contributed by atoms with Gasteiger partial charge in [0.15, 0.2) is 0 Å². The number of nitrogens with one attached hydrogen (secondary N) is 1. The summed E-state index contributed by atoms with van der Waals surface area (Å²) in [5.74, 6) is 0. The number of sulfonamides is 1. The van der Waals surface area contributed by atoms with E-state index in [4.69, 9.17) is 4.74 Å². The zero-order chi connectivity index (χ0) is 15.0. The molecule has 2 aliphatic rings. The molecular formula is C14H22N2O4S. The van der Waals surface area contributed by atoms with Crippen molar-refractivity contribution in [1.82, 2.24) is 9.29 Å². The molecule has 2 atom stereocenters. The van der Waals surface area contributed by atoms with E-state index in [1.807, 2.05) is 11.5 Å². The van der Waals surface area contributed by atoms with E-state index in [9.17, 15) is 13.5 Å². The number of nitrogens with zero attached hydrogens (tertiary/aromatic N) is 1. The van der Waals surface area contributed by atoms with Crippen LogP contribution in [0.15, 0.2) is 17.2 Å². The molecule has 2 heterocycles. The minimum absolute atomic E-state index is 0.0792. The summed E-state index contributed by atoms with van der Waals surface area (Å²) in [6.45, 7) is 2.40. The number of hydrogen-bond acceptors (Lipinski definition) is 4. The number of aliphatic hydroxyl groups is 1. The van der Waals surface area contributed by atoms with Gasteiger partial charge in [0.25, 0.3) is 0 Å². The van der Waals surface area contributed by atoms with Gasteiger partial charge in [0.05, 0.1) is 17.6 Å². The molecule has 2 fully saturated rings. The maximum absolute atomic E-state index is 12.5. The summed E-state index contributed by atoms with van der Waals surface area (Å²) in [6.07, 6.45) is 5.21. The largest absolute Gasteiger partial charge is 0.390 e. The van der Waals surface area contributed by atoms with Gasteiger partial charge >= 0.3 is 0 Å². The Balaban J connectivity index is 1.77. The Morgan fingerprint density at radius 2 is 2.19 bits per heavy atom. The molecule has 1 aliphatic carbocycles. The third-order valence-corrected chi connectivity index (χ3v) is 5.61. The number of rotatable bonds is 5. The molecule has 2 N–H and O–H groups in total. The fourth-order valence-electron chi connectivity index (χ4n) is 2.86. The molecule has 0 radical (unpaired) electrons. The Kier molecular flexibility index (Phi) is 4.09. The van der Waals surface area contributed by atoms with Crippen LogP contribution in [-0.2, 0) is 21.4 Å². The van der Waals surface area contributed by atoms with Gasteiger partial charge in [-0.25, -0.2) is 13.1 Å². The van der Waals surface area contributed by atoms with Gasteiger partial charge in [-0.3, -0.25) is 0 Å². The molecule has 1 aliphatic heterocycles. The summed E-state index contributed by atoms with van der Waals surface area (Å²) < 4.78 is 35.1. The second-order valence-corrected chi connectivity index (χ2v) is 7.70. The molecule has 3 rings (SSSR count). The molecule has 6 nitrogen and oxygen atoms in total. The second-order valence-electron chi connectivity index (χ2n) is 5.99. The Morgan fingerprint density at radius 1 is 1.43 bits per heavy atom. The molecule has 118 valence electrons. The van der Waals surface area contributed by atoms with Crippen LogP contribution in [0.1, 0.15) is 44.3 Å². The third kappa shape index (κ3) is 3.31. The molecule has 1 aromatic heterocycles. The van der Waals surface area contributed by atoms with E-state index >= 15 is 0 Å². The maximum atomic E-state index is 12.5. The van der Waals surface area contributed by atoms with Crippen LogP contribution in [0.4, 0.5) is 0 Å². The first-order chi connectivity index (χ1) is 9.99. The third-order valence-electron chi connectivity index (χ3n) is 4.13. The van der Waals surface area contributed by atoms with E-state index in [-0.39, 0.29) is 23.6 Å². The van der Waals surface area contributed by atoms with E-state index in [0.29, 0.717) is 31.2 Å². The van der Waals surface area contributed by atoms with Crippen molar-refractivity contribution in [2.75, 3.05) is 6.61 Å². The SMILES string of the molecule is CC1CC(NS(=O)(=O)c2cc(CO)n(C3CC3)c2)CCO1. The molecule has 1 saturated carbocycles. The Bertz CT molecular complexity index is 606. The Morgan fingerprint density at radius 3 is 2.81 bits per heavy atom. The lowest BCUT2D eigenvalue weighted by Gasteiger charge is -2.27. The van der Waals surface area contributed by atoms with Crippen molar-refractivity contribution in [2.24, 2.45) is 0 Å². The highest BCUT2D eigenvalue weighted by Gasteiger charge is 2.30. The summed E-state index contributed by atoms with van der Waals surface area (Å²) in [6, 6.07) is 1.84. The lowest BCUT2D eigenvalue weighted by atomic mass is 10.1. The van der Waals surface area contributed by atoms with Crippen molar-refractivity contribution >= 4 is 10.0 Å². The fourth-order valence-corrected chi connectivity index (χ4v) is 4.19. The molecule has 0 spiro atoms. The van der Waals surface area contributed by atoms with Crippen molar-refractivity contribution in [3.63, 3.8) is 0 Å². The summed E-state index contributed by atoms with van der Waals surface area (Å²) >= 11 is 0. The van der Waals surface area contributed by atoms with Crippen molar-refractivity contribution in [2.45, 2.75) is 62.3 Å². The Labute approximate surface area is 125 Å². The zero-order valence-electron chi connectivity index (χ0n) is 12.2. The van der Waals surface area contributed by atoms with Crippen LogP contribution in [0.25, 0.3) is 0 Å². The molecule has 2 unspecified atom stereocenters. The highest BCUT2D eigenvalue weighted by molar-refractivity contribution is 7.89. The van der Waals surface area contributed by atoms with Crippen LogP contribution in [0, 0.1) is 0 Å². The smallest absolute Gasteiger partial charge is 0.242 e. The molecule has 0 aromatic carbocycles. The highest BCUT2D eigenvalue weighted by Crippen LogP contribution is 2.37. The molecule has 0 amide bonds. The van der Waals surface area contributed by atoms with Crippen LogP contribution >= 0.6 is 0 Å². The number of ether oxygens (including phenoxy) is 1. The Hall–Kier alpha value is -0.890. The molecule has 0 bridgehead atoms. The molecule has 1 aromatic rings. The number of hydrogen-bond donors (Lipinski definition) is 2. The minimum Gasteiger partial charge on any atom is -0.390 e. The van der Waals surface area contributed by atoms with Crippen LogP contribution in [0.5, 0.6) is 0 Å². The van der Waals surface area contributed by atoms with Crippen LogP contribution in [-0.4, -0.2) is 36.8 Å². The summed E-state index contributed by atoms with van der Waals surface area (Å²) in [5, 5.41) is 9.38. The van der Waals surface area contributed by atoms with Gasteiger partial charge in [0, 0.05) is 30.6 Å². The van der Waals surface area contributed by atoms with E-state index in [0.717, 1.165) is 12.8 Å². The van der Waals surface area contributed by atoms with Crippen molar-refractivity contribution < 1.29 is 18.3 Å². The minimum atomic E-state index is -3.54. The zero-order valence-corrected chi connectivity index (χ0v) is 13.0. The average molecular weight is 314 g/mol. The highest BCUT2D eigenvalue weighted by atomic mass is 32.2. The van der Waals surface area contributed by atoms with Crippen molar-refractivity contribution in [3.8, 4) is 0 Å². The summed E-state index contributed by atoms with van der Waals surface area (Å²) in [4.78, 5) is 0.248. The number of aromatic nitrogens is 1. The quantitative estimate of drug-likeness (QED) is 0.854. The number of aliphatic hydroxyl groups excluding tert-OH is 1. The first-order valence-corrected chi connectivity index (χ1v) is 8.93. The average Bonchev–Trinajstić information content (AvgIpc) is 3.16. The van der Waals surface area contributed by atoms with Crippen LogP contribution in [0.3, 0.4) is 0 Å². The van der Waals surface area contributed by atoms with Gasteiger partial charge in [-0.05, 0) is 38.7 Å². The van der Waals surface area contributed by atoms with E-state index in [1.54, 1.807) is 12.3 Å². The van der Waals surface area contributed by atoms with Crippen LogP contribution in [0.2, 0.25) is 0 Å². The fraction of sp³-hybridized carbons (Fsp3) is 0.714. The van der Waals surface area contributed by atoms with Gasteiger partial charge in [-0.2, -0.15) is 0 Å². The van der Waals surface area contributed by atoms with Gasteiger partial charge in [-0.15, -0.1) is 0 Å². The molecule has 21 heavy (non-hydrogen) atoms. The first kappa shape index (κ1) is 15.0. The predicted molar refractivity (Wildman–Crippen MR) is 77.4 cm³/mol. The van der Waals surface area contributed by atoms with Gasteiger partial charge < -0.3 is 14.4 Å². The molecule has 7 heteroatoms. The maximum Gasteiger partial charge on any atom is 0.242 e. The lowest BCUT2D eigenvalue weighted by Crippen LogP contribution is -2.41. The first-order valence-electron chi connectivity index (χ1n) is 7.45. The van der Waals surface area contributed by atoms with Gasteiger partial charge in [0.2, 0.25) is 10.0 Å². The van der Waals surface area contributed by atoms with Gasteiger partial charge in [0.1, 0.15) is 0 Å². The normalized spacial score (nSPS) is 27.0. The van der Waals surface area contributed by atoms with E-state index in [2.05, 4.69) is 4.72 Å². The van der Waals surface area contributed by atoms with Crippen molar-refractivity contribution in [3.05, 3.63) is 18.0 Å². The monoisotopic (exact) mass is 314 g/mol. The second kappa shape index (κ2) is 5.72. The van der Waals surface area contributed by atoms with Crippen LogP contribution < -0.4 is 4.72 Å². The van der Waals surface area contributed by atoms with E-state index < -0.39 is 10.0 Å².